The number of sulfonamides is 1. The first-order valence-corrected chi connectivity index (χ1v) is 14.5. The summed E-state index contributed by atoms with van der Waals surface area (Å²) in [7, 11) is 1.25. The predicted molar refractivity (Wildman–Crippen MR) is 147 cm³/mol. The minimum absolute atomic E-state index is 0.0218. The smallest absolute Gasteiger partial charge is 0.243 e. The first-order chi connectivity index (χ1) is 17.6. The zero-order valence-corrected chi connectivity index (χ0v) is 23.9. The molecule has 0 aliphatic carbocycles. The van der Waals surface area contributed by atoms with Crippen LogP contribution in [0.4, 0.5) is 5.13 Å². The maximum absolute atomic E-state index is 13.2. The largest absolute Gasteiger partial charge is 0.493 e. The Bertz CT molecular complexity index is 1300. The first kappa shape index (κ1) is 27.2. The molecule has 0 bridgehead atoms. The van der Waals surface area contributed by atoms with E-state index in [0.717, 1.165) is 22.0 Å². The van der Waals surface area contributed by atoms with Gasteiger partial charge in [-0.3, -0.25) is 0 Å². The highest BCUT2D eigenvalue weighted by atomic mass is 32.2. The molecular formula is C27H35N3O5S2. The molecule has 0 atom stereocenters. The van der Waals surface area contributed by atoms with Crippen LogP contribution in [-0.2, 0) is 21.9 Å². The standard InChI is InChI=1S/C27H35N3O5S2/c1-27(2,3)20-7-9-22(10-8-20)37(31,32)30-13-11-29(12-14-30)26-28-21(18-36-26)15-19-16-23(33-4)25(35-6)24(17-19)34-5/h7-10,16-18H,11-15H2,1-6H3. The lowest BCUT2D eigenvalue weighted by molar-refractivity contribution is 0.324. The van der Waals surface area contributed by atoms with Gasteiger partial charge in [0.15, 0.2) is 16.6 Å². The summed E-state index contributed by atoms with van der Waals surface area (Å²) in [6.45, 7) is 8.38. The van der Waals surface area contributed by atoms with Crippen LogP contribution in [0.25, 0.3) is 0 Å². The molecule has 1 aliphatic rings. The lowest BCUT2D eigenvalue weighted by atomic mass is 9.87. The number of nitrogens with zero attached hydrogens (tertiary/aromatic N) is 3. The lowest BCUT2D eigenvalue weighted by Crippen LogP contribution is -2.48. The van der Waals surface area contributed by atoms with Crippen molar-refractivity contribution in [3.8, 4) is 17.2 Å². The summed E-state index contributed by atoms with van der Waals surface area (Å²) in [6, 6.07) is 11.1. The van der Waals surface area contributed by atoms with E-state index >= 15 is 0 Å². The van der Waals surface area contributed by atoms with E-state index < -0.39 is 10.0 Å². The Morgan fingerprint density at radius 1 is 0.919 bits per heavy atom. The van der Waals surface area contributed by atoms with Crippen LogP contribution < -0.4 is 19.1 Å². The first-order valence-electron chi connectivity index (χ1n) is 12.2. The molecule has 0 radical (unpaired) electrons. The van der Waals surface area contributed by atoms with Gasteiger partial charge >= 0.3 is 0 Å². The molecule has 37 heavy (non-hydrogen) atoms. The van der Waals surface area contributed by atoms with Crippen LogP contribution >= 0.6 is 11.3 Å². The summed E-state index contributed by atoms with van der Waals surface area (Å²) >= 11 is 1.57. The summed E-state index contributed by atoms with van der Waals surface area (Å²) in [5.74, 6) is 1.78. The average molecular weight is 546 g/mol. The molecule has 10 heteroatoms. The molecule has 2 heterocycles. The van der Waals surface area contributed by atoms with Crippen LogP contribution in [0.3, 0.4) is 0 Å². The Morgan fingerprint density at radius 3 is 2.03 bits per heavy atom. The van der Waals surface area contributed by atoms with Crippen LogP contribution in [0, 0.1) is 0 Å². The van der Waals surface area contributed by atoms with Crippen molar-refractivity contribution in [2.75, 3.05) is 52.4 Å². The van der Waals surface area contributed by atoms with E-state index in [9.17, 15) is 8.42 Å². The molecule has 4 rings (SSSR count). The third-order valence-electron chi connectivity index (χ3n) is 6.52. The number of rotatable bonds is 8. The van der Waals surface area contributed by atoms with E-state index in [1.807, 2.05) is 29.6 Å². The Kier molecular flexibility index (Phi) is 8.01. The number of hydrogen-bond donors (Lipinski definition) is 0. The Morgan fingerprint density at radius 2 is 1.51 bits per heavy atom. The van der Waals surface area contributed by atoms with Crippen LogP contribution in [0.1, 0.15) is 37.6 Å². The molecule has 8 nitrogen and oxygen atoms in total. The summed E-state index contributed by atoms with van der Waals surface area (Å²) in [5, 5.41) is 2.94. The fourth-order valence-electron chi connectivity index (χ4n) is 4.37. The maximum Gasteiger partial charge on any atom is 0.243 e. The number of aromatic nitrogens is 1. The number of anilines is 1. The van der Waals surface area contributed by atoms with Crippen LogP contribution in [0.2, 0.25) is 0 Å². The van der Waals surface area contributed by atoms with Gasteiger partial charge in [-0.1, -0.05) is 32.9 Å². The number of thiazole rings is 1. The zero-order chi connectivity index (χ0) is 26.8. The predicted octanol–water partition coefficient (Wildman–Crippen LogP) is 4.57. The number of benzene rings is 2. The normalized spacial score (nSPS) is 15.0. The Balaban J connectivity index is 1.41. The van der Waals surface area contributed by atoms with E-state index in [1.165, 1.54) is 0 Å². The van der Waals surface area contributed by atoms with Crippen molar-refractivity contribution in [1.82, 2.24) is 9.29 Å². The summed E-state index contributed by atoms with van der Waals surface area (Å²) < 4.78 is 44.3. The maximum atomic E-state index is 13.2. The quantitative estimate of drug-likeness (QED) is 0.410. The van der Waals surface area contributed by atoms with Crippen molar-refractivity contribution in [2.24, 2.45) is 0 Å². The van der Waals surface area contributed by atoms with Crippen molar-refractivity contribution in [3.05, 3.63) is 58.6 Å². The highest BCUT2D eigenvalue weighted by Gasteiger charge is 2.30. The van der Waals surface area contributed by atoms with Gasteiger partial charge in [-0.25, -0.2) is 13.4 Å². The average Bonchev–Trinajstić information content (AvgIpc) is 3.36. The van der Waals surface area contributed by atoms with Crippen LogP contribution in [0.15, 0.2) is 46.7 Å². The van der Waals surface area contributed by atoms with Gasteiger partial charge in [-0.2, -0.15) is 4.31 Å². The number of methoxy groups -OCH3 is 3. The molecule has 0 amide bonds. The second kappa shape index (κ2) is 10.9. The molecule has 1 saturated heterocycles. The fraction of sp³-hybridized carbons (Fsp3) is 0.444. The fourth-order valence-corrected chi connectivity index (χ4v) is 6.67. The van der Waals surface area contributed by atoms with E-state index in [2.05, 4.69) is 25.7 Å². The van der Waals surface area contributed by atoms with Gasteiger partial charge in [-0.05, 0) is 40.8 Å². The summed E-state index contributed by atoms with van der Waals surface area (Å²) in [4.78, 5) is 7.32. The zero-order valence-electron chi connectivity index (χ0n) is 22.3. The van der Waals surface area contributed by atoms with Crippen LogP contribution in [-0.4, -0.2) is 65.2 Å². The molecule has 3 aromatic rings. The van der Waals surface area contributed by atoms with E-state index in [0.29, 0.717) is 54.7 Å². The van der Waals surface area contributed by atoms with Gasteiger partial charge in [0.05, 0.1) is 31.9 Å². The number of ether oxygens (including phenoxy) is 3. The molecule has 200 valence electrons. The summed E-state index contributed by atoms with van der Waals surface area (Å²) in [6.07, 6.45) is 0.617. The molecule has 2 aromatic carbocycles. The molecule has 1 aliphatic heterocycles. The van der Waals surface area contributed by atoms with Gasteiger partial charge in [0, 0.05) is 38.0 Å². The van der Waals surface area contributed by atoms with Gasteiger partial charge < -0.3 is 19.1 Å². The monoisotopic (exact) mass is 545 g/mol. The van der Waals surface area contributed by atoms with Crippen molar-refractivity contribution in [2.45, 2.75) is 37.5 Å². The van der Waals surface area contributed by atoms with Gasteiger partial charge in [-0.15, -0.1) is 11.3 Å². The minimum Gasteiger partial charge on any atom is -0.493 e. The van der Waals surface area contributed by atoms with Gasteiger partial charge in [0.1, 0.15) is 0 Å². The molecule has 1 fully saturated rings. The second-order valence-corrected chi connectivity index (χ2v) is 12.8. The lowest BCUT2D eigenvalue weighted by Gasteiger charge is -2.33. The topological polar surface area (TPSA) is 81.2 Å². The highest BCUT2D eigenvalue weighted by Crippen LogP contribution is 2.39. The molecule has 1 aromatic heterocycles. The van der Waals surface area contributed by atoms with Crippen molar-refractivity contribution >= 4 is 26.5 Å². The number of hydrogen-bond acceptors (Lipinski definition) is 8. The molecule has 0 N–H and O–H groups in total. The van der Waals surface area contributed by atoms with E-state index in [1.54, 1.807) is 49.1 Å². The van der Waals surface area contributed by atoms with Gasteiger partial charge in [0.25, 0.3) is 0 Å². The van der Waals surface area contributed by atoms with Gasteiger partial charge in [0.2, 0.25) is 15.8 Å². The van der Waals surface area contributed by atoms with Crippen molar-refractivity contribution < 1.29 is 22.6 Å². The molecule has 0 spiro atoms. The Hall–Kier alpha value is -2.82. The second-order valence-electron chi connectivity index (χ2n) is 10.00. The van der Waals surface area contributed by atoms with Crippen LogP contribution in [0.5, 0.6) is 17.2 Å². The van der Waals surface area contributed by atoms with E-state index in [4.69, 9.17) is 19.2 Å². The summed E-state index contributed by atoms with van der Waals surface area (Å²) in [5.41, 5.74) is 3.02. The molecular weight excluding hydrogens is 510 g/mol. The minimum atomic E-state index is -3.53. The highest BCUT2D eigenvalue weighted by molar-refractivity contribution is 7.89. The molecule has 0 saturated carbocycles. The van der Waals surface area contributed by atoms with Crippen molar-refractivity contribution in [1.29, 1.82) is 0 Å². The Labute approximate surface area is 223 Å². The third-order valence-corrected chi connectivity index (χ3v) is 9.38. The molecule has 0 unspecified atom stereocenters. The third kappa shape index (κ3) is 5.86. The number of piperazine rings is 1. The van der Waals surface area contributed by atoms with Crippen molar-refractivity contribution in [3.63, 3.8) is 0 Å². The van der Waals surface area contributed by atoms with E-state index in [-0.39, 0.29) is 5.41 Å². The SMILES string of the molecule is COc1cc(Cc2csc(N3CCN(S(=O)(=O)c4ccc(C(C)(C)C)cc4)CC3)n2)cc(OC)c1OC.